The van der Waals surface area contributed by atoms with Crippen LogP contribution in [0.15, 0.2) is 0 Å². The van der Waals surface area contributed by atoms with Gasteiger partial charge in [-0.05, 0) is 19.4 Å². The summed E-state index contributed by atoms with van der Waals surface area (Å²) in [6, 6.07) is 2.19. The normalized spacial score (nSPS) is 21.8. The maximum Gasteiger partial charge on any atom is 0.208 e. The van der Waals surface area contributed by atoms with Crippen molar-refractivity contribution in [1.29, 1.82) is 5.26 Å². The Morgan fingerprint density at radius 2 is 2.23 bits per heavy atom. The molecule has 0 aromatic carbocycles. The van der Waals surface area contributed by atoms with E-state index in [9.17, 15) is 4.79 Å². The summed E-state index contributed by atoms with van der Waals surface area (Å²) in [6.45, 7) is 4.91. The molecule has 0 radical (unpaired) electrons. The summed E-state index contributed by atoms with van der Waals surface area (Å²) in [7, 11) is 0. The van der Waals surface area contributed by atoms with E-state index in [4.69, 9.17) is 5.26 Å². The number of carbonyl (C=O) groups is 1. The third-order valence-corrected chi connectivity index (χ3v) is 2.71. The molecule has 0 unspecified atom stereocenters. The molecule has 1 fully saturated rings. The van der Waals surface area contributed by atoms with Crippen molar-refractivity contribution in [3.63, 3.8) is 0 Å². The molecule has 72 valence electrons. The summed E-state index contributed by atoms with van der Waals surface area (Å²) < 4.78 is 0. The molecule has 0 aromatic heterocycles. The minimum Gasteiger partial charge on any atom is -0.340 e. The van der Waals surface area contributed by atoms with Gasteiger partial charge in [0.05, 0.1) is 6.07 Å². The Balaban J connectivity index is 2.53. The first-order valence-electron chi connectivity index (χ1n) is 4.61. The van der Waals surface area contributed by atoms with Gasteiger partial charge in [0.25, 0.3) is 0 Å². The van der Waals surface area contributed by atoms with Crippen molar-refractivity contribution in [1.82, 2.24) is 10.2 Å². The predicted molar refractivity (Wildman–Crippen MR) is 48.9 cm³/mol. The number of nitrogens with zero attached hydrogens (tertiary/aromatic N) is 2. The summed E-state index contributed by atoms with van der Waals surface area (Å²) in [5.41, 5.74) is -0.604. The second-order valence-electron chi connectivity index (χ2n) is 3.39. The van der Waals surface area contributed by atoms with Gasteiger partial charge >= 0.3 is 0 Å². The summed E-state index contributed by atoms with van der Waals surface area (Å²) in [5.74, 6) is 0. The topological polar surface area (TPSA) is 56.1 Å². The van der Waals surface area contributed by atoms with E-state index in [-0.39, 0.29) is 0 Å². The van der Waals surface area contributed by atoms with E-state index in [1.54, 1.807) is 0 Å². The van der Waals surface area contributed by atoms with E-state index in [0.29, 0.717) is 6.41 Å². The third-order valence-electron chi connectivity index (χ3n) is 2.71. The standard InChI is InChI=1S/C9H15N3O/c1-2-12-5-3-9(7-10,4-6-12)11-8-13/h8H,2-6H2,1H3,(H,11,13). The Hall–Kier alpha value is -1.08. The lowest BCUT2D eigenvalue weighted by atomic mass is 9.89. The van der Waals surface area contributed by atoms with Crippen molar-refractivity contribution in [3.8, 4) is 6.07 Å². The first-order valence-corrected chi connectivity index (χ1v) is 4.61. The Morgan fingerprint density at radius 3 is 2.62 bits per heavy atom. The number of likely N-dealkylation sites (tertiary alicyclic amines) is 1. The monoisotopic (exact) mass is 181 g/mol. The highest BCUT2D eigenvalue weighted by Crippen LogP contribution is 2.20. The van der Waals surface area contributed by atoms with Crippen molar-refractivity contribution >= 4 is 6.41 Å². The molecular formula is C9H15N3O. The highest BCUT2D eigenvalue weighted by atomic mass is 16.1. The Kier molecular flexibility index (Phi) is 3.26. The fourth-order valence-corrected chi connectivity index (χ4v) is 1.65. The highest BCUT2D eigenvalue weighted by molar-refractivity contribution is 5.49. The lowest BCUT2D eigenvalue weighted by Crippen LogP contribution is -2.51. The molecule has 0 aliphatic carbocycles. The molecule has 1 N–H and O–H groups in total. The average Bonchev–Trinajstić information content (AvgIpc) is 2.19. The maximum atomic E-state index is 10.3. The van der Waals surface area contributed by atoms with Crippen molar-refractivity contribution in [2.75, 3.05) is 19.6 Å². The lowest BCUT2D eigenvalue weighted by Gasteiger charge is -2.36. The first-order chi connectivity index (χ1) is 6.26. The van der Waals surface area contributed by atoms with Crippen LogP contribution in [-0.2, 0) is 4.79 Å². The number of amides is 1. The van der Waals surface area contributed by atoms with Crippen LogP contribution < -0.4 is 5.32 Å². The van der Waals surface area contributed by atoms with Crippen LogP contribution >= 0.6 is 0 Å². The zero-order chi connectivity index (χ0) is 9.73. The maximum absolute atomic E-state index is 10.3. The van der Waals surface area contributed by atoms with Gasteiger partial charge in [0.15, 0.2) is 0 Å². The van der Waals surface area contributed by atoms with Crippen LogP contribution in [0, 0.1) is 11.3 Å². The molecule has 0 atom stereocenters. The summed E-state index contributed by atoms with van der Waals surface area (Å²) in [6.07, 6.45) is 2.09. The molecule has 1 heterocycles. The Bertz CT molecular complexity index is 213. The zero-order valence-corrected chi connectivity index (χ0v) is 7.92. The molecular weight excluding hydrogens is 166 g/mol. The van der Waals surface area contributed by atoms with Crippen LogP contribution in [0.25, 0.3) is 0 Å². The minimum atomic E-state index is -0.604. The second-order valence-corrected chi connectivity index (χ2v) is 3.39. The number of piperidine rings is 1. The van der Waals surface area contributed by atoms with Crippen molar-refractivity contribution < 1.29 is 4.79 Å². The van der Waals surface area contributed by atoms with E-state index in [1.165, 1.54) is 0 Å². The van der Waals surface area contributed by atoms with Gasteiger partial charge in [-0.1, -0.05) is 6.92 Å². The molecule has 1 rings (SSSR count). The quantitative estimate of drug-likeness (QED) is 0.629. The molecule has 1 aliphatic rings. The number of nitriles is 1. The van der Waals surface area contributed by atoms with Crippen LogP contribution in [0.1, 0.15) is 19.8 Å². The largest absolute Gasteiger partial charge is 0.340 e. The van der Waals surface area contributed by atoms with Crippen LogP contribution in [-0.4, -0.2) is 36.5 Å². The van der Waals surface area contributed by atoms with Crippen molar-refractivity contribution in [2.45, 2.75) is 25.3 Å². The fourth-order valence-electron chi connectivity index (χ4n) is 1.65. The minimum absolute atomic E-state index is 0.604. The third kappa shape index (κ3) is 2.19. The molecule has 1 amide bonds. The van der Waals surface area contributed by atoms with Gasteiger partial charge in [-0.2, -0.15) is 5.26 Å². The van der Waals surface area contributed by atoms with Gasteiger partial charge in [-0.3, -0.25) is 4.79 Å². The zero-order valence-electron chi connectivity index (χ0n) is 7.92. The fraction of sp³-hybridized carbons (Fsp3) is 0.778. The van der Waals surface area contributed by atoms with Gasteiger partial charge in [0, 0.05) is 13.1 Å². The van der Waals surface area contributed by atoms with Gasteiger partial charge in [0.2, 0.25) is 6.41 Å². The average molecular weight is 181 g/mol. The molecule has 4 nitrogen and oxygen atoms in total. The lowest BCUT2D eigenvalue weighted by molar-refractivity contribution is -0.111. The molecule has 13 heavy (non-hydrogen) atoms. The number of carbonyl (C=O) groups excluding carboxylic acids is 1. The molecule has 1 saturated heterocycles. The van der Waals surface area contributed by atoms with Gasteiger partial charge in [-0.15, -0.1) is 0 Å². The summed E-state index contributed by atoms with van der Waals surface area (Å²) in [5, 5.41) is 11.6. The molecule has 1 aliphatic heterocycles. The predicted octanol–water partition coefficient (Wildman–Crippen LogP) is 0.110. The van der Waals surface area contributed by atoms with E-state index in [1.807, 2.05) is 0 Å². The molecule has 4 heteroatoms. The second kappa shape index (κ2) is 4.24. The number of nitrogens with one attached hydrogen (secondary N) is 1. The molecule has 0 aromatic rings. The van der Waals surface area contributed by atoms with E-state index in [0.717, 1.165) is 32.5 Å². The van der Waals surface area contributed by atoms with Crippen molar-refractivity contribution in [3.05, 3.63) is 0 Å². The first kappa shape index (κ1) is 10.0. The summed E-state index contributed by atoms with van der Waals surface area (Å²) >= 11 is 0. The number of hydrogen-bond donors (Lipinski definition) is 1. The summed E-state index contributed by atoms with van der Waals surface area (Å²) in [4.78, 5) is 12.6. The van der Waals surface area contributed by atoms with E-state index >= 15 is 0 Å². The Morgan fingerprint density at radius 1 is 1.62 bits per heavy atom. The number of hydrogen-bond acceptors (Lipinski definition) is 3. The number of rotatable bonds is 3. The van der Waals surface area contributed by atoms with Gasteiger partial charge in [0.1, 0.15) is 5.54 Å². The van der Waals surface area contributed by atoms with Crippen LogP contribution in [0.3, 0.4) is 0 Å². The van der Waals surface area contributed by atoms with Crippen LogP contribution in [0.4, 0.5) is 0 Å². The Labute approximate surface area is 78.5 Å². The van der Waals surface area contributed by atoms with E-state index in [2.05, 4.69) is 23.2 Å². The van der Waals surface area contributed by atoms with Crippen LogP contribution in [0.2, 0.25) is 0 Å². The smallest absolute Gasteiger partial charge is 0.208 e. The van der Waals surface area contributed by atoms with Gasteiger partial charge in [-0.25, -0.2) is 0 Å². The van der Waals surface area contributed by atoms with E-state index < -0.39 is 5.54 Å². The SMILES string of the molecule is CCN1CCC(C#N)(NC=O)CC1. The molecule has 0 saturated carbocycles. The van der Waals surface area contributed by atoms with Crippen LogP contribution in [0.5, 0.6) is 0 Å². The van der Waals surface area contributed by atoms with Crippen molar-refractivity contribution in [2.24, 2.45) is 0 Å². The van der Waals surface area contributed by atoms with Gasteiger partial charge < -0.3 is 10.2 Å². The highest BCUT2D eigenvalue weighted by Gasteiger charge is 2.33. The molecule has 0 bridgehead atoms. The molecule has 0 spiro atoms.